The maximum Gasteiger partial charge on any atom is 0.490 e. The van der Waals surface area contributed by atoms with Gasteiger partial charge in [0.15, 0.2) is 0 Å². The van der Waals surface area contributed by atoms with Crippen molar-refractivity contribution in [2.75, 3.05) is 19.8 Å². The number of unbranched alkanes of at least 4 members (excludes halogenated alkanes) is 15. The Morgan fingerprint density at radius 3 is 0.870 bits per heavy atom. The Hall–Kier alpha value is -3.20. The standard InChI is InChI=1S/C17H30BNO3.C13H22BNO3.C9H14BNO3/c1-2-3-4-5-6-7-8-9-10-11-14-22-17-13-12-16(15-19-17)18(20)21;1-2-3-4-5-6-7-10-18-13-9-8-12(11-15-13)14(16)17;1-2-3-6-14-9-5-4-8(7-11-9)10(12)13/h12-13,15,20-21H,2-11,14H2,1H3;8-9,11,16-17H,2-7,10H2,1H3;4-5,7,12-13H,2-3,6H2,1H3. The Balaban J connectivity index is 0.000000415. The minimum Gasteiger partial charge on any atom is -0.478 e. The summed E-state index contributed by atoms with van der Waals surface area (Å²) in [7, 11) is -4.40. The van der Waals surface area contributed by atoms with E-state index in [1.807, 2.05) is 0 Å². The van der Waals surface area contributed by atoms with E-state index in [9.17, 15) is 0 Å². The van der Waals surface area contributed by atoms with Crippen LogP contribution in [0.3, 0.4) is 0 Å². The molecule has 12 nitrogen and oxygen atoms in total. The SMILES string of the molecule is CCCCCCCCCCCCOc1ccc(B(O)O)cn1.CCCCCCCCOc1ccc(B(O)O)cn1.CCCCOc1ccc(B(O)O)cn1. The Morgan fingerprint density at radius 2 is 0.630 bits per heavy atom. The molecule has 15 heteroatoms. The largest absolute Gasteiger partial charge is 0.490 e. The molecule has 3 heterocycles. The van der Waals surface area contributed by atoms with E-state index in [0.29, 0.717) is 53.8 Å². The van der Waals surface area contributed by atoms with Crippen molar-refractivity contribution in [3.8, 4) is 17.6 Å². The van der Waals surface area contributed by atoms with E-state index in [-0.39, 0.29) is 0 Å². The first kappa shape index (κ1) is 48.8. The van der Waals surface area contributed by atoms with E-state index >= 15 is 0 Å². The topological polar surface area (TPSA) is 188 Å². The van der Waals surface area contributed by atoms with Crippen LogP contribution in [0, 0.1) is 0 Å². The number of ether oxygens (including phenoxy) is 3. The predicted octanol–water partition coefficient (Wildman–Crippen LogP) is 4.50. The number of pyridine rings is 3. The number of hydrogen-bond donors (Lipinski definition) is 6. The maximum atomic E-state index is 8.97. The molecule has 3 aromatic rings. The lowest BCUT2D eigenvalue weighted by atomic mass is 9.82. The minimum absolute atomic E-state index is 0.368. The average molecular weight is 753 g/mol. The molecule has 0 radical (unpaired) electrons. The zero-order valence-electron chi connectivity index (χ0n) is 33.0. The van der Waals surface area contributed by atoms with Gasteiger partial charge in [-0.3, -0.25) is 0 Å². The Labute approximate surface area is 325 Å². The zero-order valence-corrected chi connectivity index (χ0v) is 33.0. The van der Waals surface area contributed by atoms with Crippen LogP contribution in [0.1, 0.15) is 136 Å². The van der Waals surface area contributed by atoms with Crippen LogP contribution in [0.4, 0.5) is 0 Å². The van der Waals surface area contributed by atoms with Crippen molar-refractivity contribution in [1.29, 1.82) is 0 Å². The molecule has 54 heavy (non-hydrogen) atoms. The van der Waals surface area contributed by atoms with Crippen molar-refractivity contribution in [3.05, 3.63) is 55.0 Å². The van der Waals surface area contributed by atoms with Crippen LogP contribution >= 0.6 is 0 Å². The molecular weight excluding hydrogens is 687 g/mol. The third kappa shape index (κ3) is 25.8. The summed E-state index contributed by atoms with van der Waals surface area (Å²) in [4.78, 5) is 12.0. The van der Waals surface area contributed by atoms with E-state index in [1.165, 1.54) is 108 Å². The molecule has 0 saturated heterocycles. The fourth-order valence-electron chi connectivity index (χ4n) is 5.04. The predicted molar refractivity (Wildman–Crippen MR) is 219 cm³/mol. The van der Waals surface area contributed by atoms with Crippen LogP contribution in [0.2, 0.25) is 0 Å². The molecule has 0 amide bonds. The summed E-state index contributed by atoms with van der Waals surface area (Å²) in [5.74, 6) is 1.59. The van der Waals surface area contributed by atoms with Crippen LogP contribution in [-0.2, 0) is 0 Å². The second kappa shape index (κ2) is 33.2. The van der Waals surface area contributed by atoms with Gasteiger partial charge in [-0.05, 0) is 37.5 Å². The lowest BCUT2D eigenvalue weighted by Crippen LogP contribution is -2.29. The van der Waals surface area contributed by atoms with Gasteiger partial charge >= 0.3 is 21.4 Å². The molecule has 0 aromatic carbocycles. The van der Waals surface area contributed by atoms with E-state index in [0.717, 1.165) is 25.7 Å². The Morgan fingerprint density at radius 1 is 0.370 bits per heavy atom. The van der Waals surface area contributed by atoms with Gasteiger partial charge in [0.05, 0.1) is 19.8 Å². The zero-order chi connectivity index (χ0) is 39.7. The van der Waals surface area contributed by atoms with Gasteiger partial charge in [0.2, 0.25) is 17.6 Å². The maximum absolute atomic E-state index is 8.97. The van der Waals surface area contributed by atoms with E-state index in [4.69, 9.17) is 44.4 Å². The highest BCUT2D eigenvalue weighted by atomic mass is 16.5. The van der Waals surface area contributed by atoms with Crippen LogP contribution in [-0.4, -0.2) is 86.3 Å². The molecule has 0 fully saturated rings. The fourth-order valence-corrected chi connectivity index (χ4v) is 5.04. The monoisotopic (exact) mass is 754 g/mol. The van der Waals surface area contributed by atoms with Gasteiger partial charge in [-0.1, -0.05) is 135 Å². The molecular formula is C39H66B3N3O9. The third-order valence-corrected chi connectivity index (χ3v) is 8.42. The fraction of sp³-hybridized carbons (Fsp3) is 0.615. The first-order valence-corrected chi connectivity index (χ1v) is 20.1. The summed E-state index contributed by atoms with van der Waals surface area (Å²) in [5.41, 5.74) is 1.13. The number of hydrogen-bond acceptors (Lipinski definition) is 12. The highest BCUT2D eigenvalue weighted by Gasteiger charge is 2.12. The molecule has 0 saturated carbocycles. The molecule has 0 bridgehead atoms. The van der Waals surface area contributed by atoms with Crippen LogP contribution < -0.4 is 30.6 Å². The lowest BCUT2D eigenvalue weighted by molar-refractivity contribution is 0.293. The highest BCUT2D eigenvalue weighted by molar-refractivity contribution is 6.59. The first-order chi connectivity index (χ1) is 26.2. The highest BCUT2D eigenvalue weighted by Crippen LogP contribution is 2.12. The quantitative estimate of drug-likeness (QED) is 0.0474. The van der Waals surface area contributed by atoms with Crippen molar-refractivity contribution in [2.45, 2.75) is 136 Å². The second-order valence-electron chi connectivity index (χ2n) is 13.3. The summed E-state index contributed by atoms with van der Waals surface area (Å²) < 4.78 is 16.3. The van der Waals surface area contributed by atoms with Crippen LogP contribution in [0.25, 0.3) is 0 Å². The summed E-state index contributed by atoms with van der Waals surface area (Å²) in [5, 5.41) is 53.4. The number of aromatic nitrogens is 3. The summed E-state index contributed by atoms with van der Waals surface area (Å²) >= 11 is 0. The van der Waals surface area contributed by atoms with Crippen LogP contribution in [0.5, 0.6) is 17.6 Å². The van der Waals surface area contributed by atoms with Gasteiger partial charge in [0, 0.05) is 35.0 Å². The third-order valence-electron chi connectivity index (χ3n) is 8.42. The smallest absolute Gasteiger partial charge is 0.478 e. The van der Waals surface area contributed by atoms with Gasteiger partial charge in [-0.25, -0.2) is 15.0 Å². The van der Waals surface area contributed by atoms with Crippen molar-refractivity contribution >= 4 is 37.7 Å². The molecule has 6 N–H and O–H groups in total. The summed E-state index contributed by atoms with van der Waals surface area (Å²) in [6, 6.07) is 9.76. The van der Waals surface area contributed by atoms with Crippen molar-refractivity contribution < 1.29 is 44.4 Å². The van der Waals surface area contributed by atoms with Crippen molar-refractivity contribution in [3.63, 3.8) is 0 Å². The lowest BCUT2D eigenvalue weighted by Gasteiger charge is -2.06. The van der Waals surface area contributed by atoms with Gasteiger partial charge in [0.25, 0.3) is 0 Å². The number of nitrogens with zero attached hydrogens (tertiary/aromatic N) is 3. The Kier molecular flexibility index (Phi) is 30.0. The van der Waals surface area contributed by atoms with Gasteiger partial charge < -0.3 is 44.4 Å². The first-order valence-electron chi connectivity index (χ1n) is 20.1. The molecule has 0 aliphatic carbocycles. The molecule has 0 unspecified atom stereocenters. The van der Waals surface area contributed by atoms with E-state index in [2.05, 4.69) is 35.7 Å². The van der Waals surface area contributed by atoms with Gasteiger partial charge in [-0.15, -0.1) is 0 Å². The molecule has 3 rings (SSSR count). The van der Waals surface area contributed by atoms with Crippen molar-refractivity contribution in [2.24, 2.45) is 0 Å². The molecule has 0 aliphatic heterocycles. The Bertz CT molecular complexity index is 1260. The number of rotatable bonds is 27. The second-order valence-corrected chi connectivity index (χ2v) is 13.3. The van der Waals surface area contributed by atoms with E-state index < -0.39 is 21.4 Å². The van der Waals surface area contributed by atoms with Crippen molar-refractivity contribution in [1.82, 2.24) is 15.0 Å². The average Bonchev–Trinajstić information content (AvgIpc) is 3.18. The molecule has 300 valence electrons. The molecule has 0 atom stereocenters. The normalized spacial score (nSPS) is 10.4. The van der Waals surface area contributed by atoms with Gasteiger partial charge in [-0.2, -0.15) is 0 Å². The minimum atomic E-state index is -1.47. The summed E-state index contributed by atoms with van der Waals surface area (Å²) in [6.07, 6.45) is 26.7. The van der Waals surface area contributed by atoms with Gasteiger partial charge in [0.1, 0.15) is 0 Å². The molecule has 3 aromatic heterocycles. The molecule has 0 spiro atoms. The summed E-state index contributed by atoms with van der Waals surface area (Å²) in [6.45, 7) is 8.53. The molecule has 0 aliphatic rings. The van der Waals surface area contributed by atoms with Crippen LogP contribution in [0.15, 0.2) is 55.0 Å². The van der Waals surface area contributed by atoms with E-state index in [1.54, 1.807) is 36.4 Å².